The van der Waals surface area contributed by atoms with Gasteiger partial charge in [-0.3, -0.25) is 4.79 Å². The van der Waals surface area contributed by atoms with Crippen molar-refractivity contribution >= 4 is 39.0 Å². The molecule has 4 nitrogen and oxygen atoms in total. The Morgan fingerprint density at radius 2 is 2.24 bits per heavy atom. The topological polar surface area (TPSA) is 64.3 Å². The van der Waals surface area contributed by atoms with Gasteiger partial charge in [0.1, 0.15) is 5.75 Å². The van der Waals surface area contributed by atoms with Gasteiger partial charge in [-0.25, -0.2) is 0 Å². The quantitative estimate of drug-likeness (QED) is 0.832. The molecule has 0 radical (unpaired) electrons. The number of ether oxygens (including phenoxy) is 1. The molecule has 1 amide bonds. The molecule has 17 heavy (non-hydrogen) atoms. The summed E-state index contributed by atoms with van der Waals surface area (Å²) >= 11 is 8.10. The van der Waals surface area contributed by atoms with Crippen LogP contribution in [0.25, 0.3) is 0 Å². The van der Waals surface area contributed by atoms with Crippen LogP contribution in [0.5, 0.6) is 5.75 Å². The van der Waals surface area contributed by atoms with E-state index in [1.165, 1.54) is 7.11 Å². The Morgan fingerprint density at radius 1 is 1.59 bits per heavy atom. The lowest BCUT2D eigenvalue weighted by Crippen LogP contribution is -2.41. The number of carbonyl (C=O) groups is 1. The Labute approximate surface area is 114 Å². The maximum absolute atomic E-state index is 11.9. The van der Waals surface area contributed by atoms with Gasteiger partial charge in [0.15, 0.2) is 0 Å². The molecule has 6 heteroatoms. The fraction of sp³-hybridized carbons (Fsp3) is 0.273. The minimum absolute atomic E-state index is 0.245. The van der Waals surface area contributed by atoms with Crippen molar-refractivity contribution in [2.24, 2.45) is 5.73 Å². The second-order valence-corrected chi connectivity index (χ2v) is 4.83. The number of hydrogen-bond donors (Lipinski definition) is 2. The zero-order valence-corrected chi connectivity index (χ0v) is 11.9. The smallest absolute Gasteiger partial charge is 0.255 e. The first kappa shape index (κ1) is 13.9. The minimum Gasteiger partial charge on any atom is -0.496 e. The molecule has 1 atom stereocenters. The third-order valence-corrected chi connectivity index (χ3v) is 3.03. The second-order valence-electron chi connectivity index (χ2n) is 3.44. The van der Waals surface area contributed by atoms with Gasteiger partial charge in [0.05, 0.1) is 23.7 Å². The van der Waals surface area contributed by atoms with Crippen molar-refractivity contribution in [1.29, 1.82) is 0 Å². The van der Waals surface area contributed by atoms with Gasteiger partial charge in [-0.15, -0.1) is 0 Å². The van der Waals surface area contributed by atoms with Crippen molar-refractivity contribution in [2.75, 3.05) is 7.11 Å². The summed E-state index contributed by atoms with van der Waals surface area (Å²) in [5.74, 6) is 0.224. The second kappa shape index (κ2) is 5.97. The molecule has 0 aliphatic carbocycles. The number of rotatable bonds is 4. The molecule has 1 aromatic carbocycles. The van der Waals surface area contributed by atoms with E-state index in [0.29, 0.717) is 11.3 Å². The molecule has 0 saturated carbocycles. The minimum atomic E-state index is -0.356. The fourth-order valence-electron chi connectivity index (χ4n) is 1.20. The highest BCUT2D eigenvalue weighted by Gasteiger charge is 2.15. The number of nitrogens with two attached hydrogens (primary N) is 1. The van der Waals surface area contributed by atoms with Gasteiger partial charge in [0.25, 0.3) is 5.91 Å². The highest BCUT2D eigenvalue weighted by Crippen LogP contribution is 2.23. The first-order valence-corrected chi connectivity index (χ1v) is 6.09. The standard InChI is InChI=1S/C11H13BrN2O2S/c1-6(10(13)17)14-11(15)8-4-3-7(12)5-9(8)16-2/h3-6H,1-2H3,(H2,13,17)(H,14,15). The molecule has 0 aliphatic heterocycles. The third-order valence-electron chi connectivity index (χ3n) is 2.18. The van der Waals surface area contributed by atoms with E-state index in [4.69, 9.17) is 22.7 Å². The molecule has 0 heterocycles. The van der Waals surface area contributed by atoms with Crippen LogP contribution in [0.2, 0.25) is 0 Å². The average molecular weight is 317 g/mol. The van der Waals surface area contributed by atoms with Gasteiger partial charge in [0.2, 0.25) is 0 Å². The number of methoxy groups -OCH3 is 1. The molecule has 0 aliphatic rings. The highest BCUT2D eigenvalue weighted by atomic mass is 79.9. The molecule has 0 spiro atoms. The van der Waals surface area contributed by atoms with Crippen molar-refractivity contribution in [3.8, 4) is 5.75 Å². The first-order chi connectivity index (χ1) is 7.95. The van der Waals surface area contributed by atoms with Crippen molar-refractivity contribution in [1.82, 2.24) is 5.32 Å². The van der Waals surface area contributed by atoms with Gasteiger partial charge >= 0.3 is 0 Å². The average Bonchev–Trinajstić information content (AvgIpc) is 2.28. The number of nitrogens with one attached hydrogen (secondary N) is 1. The van der Waals surface area contributed by atoms with Crippen LogP contribution in [0.1, 0.15) is 17.3 Å². The van der Waals surface area contributed by atoms with Crippen LogP contribution >= 0.6 is 28.1 Å². The highest BCUT2D eigenvalue weighted by molar-refractivity contribution is 9.10. The van der Waals surface area contributed by atoms with Crippen molar-refractivity contribution in [3.63, 3.8) is 0 Å². The Balaban J connectivity index is 2.92. The summed E-state index contributed by atoms with van der Waals surface area (Å²) in [6.45, 7) is 1.73. The third kappa shape index (κ3) is 3.67. The number of benzene rings is 1. The van der Waals surface area contributed by atoms with Gasteiger partial charge in [0, 0.05) is 4.47 Å². The van der Waals surface area contributed by atoms with E-state index in [0.717, 1.165) is 4.47 Å². The molecule has 0 aromatic heterocycles. The molecule has 1 unspecified atom stereocenters. The number of hydrogen-bond acceptors (Lipinski definition) is 3. The molecular formula is C11H13BrN2O2S. The van der Waals surface area contributed by atoms with Crippen molar-refractivity contribution in [2.45, 2.75) is 13.0 Å². The summed E-state index contributed by atoms with van der Waals surface area (Å²) in [6, 6.07) is 4.80. The molecule has 3 N–H and O–H groups in total. The summed E-state index contributed by atoms with van der Waals surface area (Å²) in [4.78, 5) is 12.2. The van der Waals surface area contributed by atoms with Crippen LogP contribution in [-0.2, 0) is 0 Å². The van der Waals surface area contributed by atoms with Crippen LogP contribution in [0.3, 0.4) is 0 Å². The van der Waals surface area contributed by atoms with Crippen LogP contribution < -0.4 is 15.8 Å². The zero-order chi connectivity index (χ0) is 13.0. The normalized spacial score (nSPS) is 11.7. The zero-order valence-electron chi connectivity index (χ0n) is 9.49. The predicted molar refractivity (Wildman–Crippen MR) is 74.4 cm³/mol. The van der Waals surface area contributed by atoms with Gasteiger partial charge in [-0.1, -0.05) is 28.1 Å². The van der Waals surface area contributed by atoms with E-state index >= 15 is 0 Å². The maximum atomic E-state index is 11.9. The summed E-state index contributed by atoms with van der Waals surface area (Å²) in [7, 11) is 1.51. The molecule has 0 fully saturated rings. The van der Waals surface area contributed by atoms with E-state index < -0.39 is 0 Å². The van der Waals surface area contributed by atoms with Gasteiger partial charge in [-0.05, 0) is 25.1 Å². The van der Waals surface area contributed by atoms with Crippen molar-refractivity contribution < 1.29 is 9.53 Å². The lowest BCUT2D eigenvalue weighted by atomic mass is 10.1. The predicted octanol–water partition coefficient (Wildman–Crippen LogP) is 1.86. The molecule has 92 valence electrons. The molecule has 0 saturated heterocycles. The van der Waals surface area contributed by atoms with Crippen LogP contribution in [-0.4, -0.2) is 24.0 Å². The Morgan fingerprint density at radius 3 is 2.76 bits per heavy atom. The molecular weight excluding hydrogens is 304 g/mol. The first-order valence-electron chi connectivity index (χ1n) is 4.89. The monoisotopic (exact) mass is 316 g/mol. The Hall–Kier alpha value is -1.14. The summed E-state index contributed by atoms with van der Waals surface area (Å²) in [5.41, 5.74) is 5.88. The van der Waals surface area contributed by atoms with E-state index in [1.807, 2.05) is 0 Å². The van der Waals surface area contributed by atoms with E-state index in [1.54, 1.807) is 25.1 Å². The van der Waals surface area contributed by atoms with E-state index in [9.17, 15) is 4.79 Å². The van der Waals surface area contributed by atoms with Gasteiger partial charge < -0.3 is 15.8 Å². The van der Waals surface area contributed by atoms with Gasteiger partial charge in [-0.2, -0.15) is 0 Å². The van der Waals surface area contributed by atoms with Crippen LogP contribution in [0.4, 0.5) is 0 Å². The summed E-state index contributed by atoms with van der Waals surface area (Å²) in [5, 5.41) is 2.69. The maximum Gasteiger partial charge on any atom is 0.255 e. The number of carbonyl (C=O) groups excluding carboxylic acids is 1. The van der Waals surface area contributed by atoms with Crippen LogP contribution in [0.15, 0.2) is 22.7 Å². The van der Waals surface area contributed by atoms with Crippen LogP contribution in [0, 0.1) is 0 Å². The van der Waals surface area contributed by atoms with E-state index in [-0.39, 0.29) is 16.9 Å². The molecule has 1 rings (SSSR count). The number of thiocarbonyl (C=S) groups is 1. The lowest BCUT2D eigenvalue weighted by molar-refractivity contribution is 0.0946. The number of amides is 1. The SMILES string of the molecule is COc1cc(Br)ccc1C(=O)NC(C)C(N)=S. The summed E-state index contributed by atoms with van der Waals surface area (Å²) in [6.07, 6.45) is 0. The fourth-order valence-corrected chi connectivity index (χ4v) is 1.60. The molecule has 0 bridgehead atoms. The Kier molecular flexibility index (Phi) is 4.89. The lowest BCUT2D eigenvalue weighted by Gasteiger charge is -2.14. The number of halogens is 1. The van der Waals surface area contributed by atoms with E-state index in [2.05, 4.69) is 21.2 Å². The Bertz CT molecular complexity index is 451. The summed E-state index contributed by atoms with van der Waals surface area (Å²) < 4.78 is 5.98. The van der Waals surface area contributed by atoms with Crippen molar-refractivity contribution in [3.05, 3.63) is 28.2 Å². The molecule has 1 aromatic rings. The largest absolute Gasteiger partial charge is 0.496 e.